The molecule has 4 N–H and O–H groups in total. The van der Waals surface area contributed by atoms with Crippen LogP contribution in [0.15, 0.2) is 49.3 Å². The summed E-state index contributed by atoms with van der Waals surface area (Å²) in [7, 11) is 1.54. The first-order chi connectivity index (χ1) is 17.3. The Bertz CT molecular complexity index is 1320. The molecule has 0 spiro atoms. The number of anilines is 2. The summed E-state index contributed by atoms with van der Waals surface area (Å²) in [4.78, 5) is 32.2. The molecule has 1 aliphatic rings. The number of pyridine rings is 1. The molecule has 0 saturated carbocycles. The van der Waals surface area contributed by atoms with Crippen molar-refractivity contribution in [3.05, 3.63) is 65.6 Å². The van der Waals surface area contributed by atoms with E-state index in [1.54, 1.807) is 30.6 Å². The van der Waals surface area contributed by atoms with Crippen molar-refractivity contribution in [2.24, 2.45) is 0 Å². The molecule has 188 valence electrons. The summed E-state index contributed by atoms with van der Waals surface area (Å²) < 4.78 is 11.5. The van der Waals surface area contributed by atoms with E-state index in [0.717, 1.165) is 5.69 Å². The number of para-hydroxylation sites is 1. The lowest BCUT2D eigenvalue weighted by Crippen LogP contribution is -2.43. The van der Waals surface area contributed by atoms with Crippen LogP contribution in [0, 0.1) is 0 Å². The number of aromatic amines is 1. The number of amides is 2. The van der Waals surface area contributed by atoms with Gasteiger partial charge in [-0.15, -0.1) is 0 Å². The number of carbonyl (C=O) groups is 2. The van der Waals surface area contributed by atoms with Gasteiger partial charge in [-0.05, 0) is 24.3 Å². The van der Waals surface area contributed by atoms with Gasteiger partial charge in [0.05, 0.1) is 47.5 Å². The van der Waals surface area contributed by atoms with Gasteiger partial charge < -0.3 is 30.4 Å². The van der Waals surface area contributed by atoms with Crippen LogP contribution in [0.3, 0.4) is 0 Å². The molecule has 0 radical (unpaired) electrons. The van der Waals surface area contributed by atoms with Crippen molar-refractivity contribution < 1.29 is 19.1 Å². The van der Waals surface area contributed by atoms with Crippen molar-refractivity contribution >= 4 is 34.8 Å². The second-order valence-corrected chi connectivity index (χ2v) is 9.26. The summed E-state index contributed by atoms with van der Waals surface area (Å²) >= 11 is 6.36. The fourth-order valence-electron chi connectivity index (χ4n) is 4.10. The van der Waals surface area contributed by atoms with E-state index in [9.17, 15) is 9.59 Å². The zero-order valence-electron chi connectivity index (χ0n) is 20.3. The molecule has 4 rings (SSSR count). The number of carbonyl (C=O) groups excluding carboxylic acids is 2. The summed E-state index contributed by atoms with van der Waals surface area (Å²) in [5.41, 5.74) is 3.47. The van der Waals surface area contributed by atoms with Gasteiger partial charge in [0, 0.05) is 29.4 Å². The molecule has 2 aromatic heterocycles. The molecular weight excluding hydrogens is 482 g/mol. The number of hydrogen-bond acceptors (Lipinski definition) is 6. The normalized spacial score (nSPS) is 13.8. The molecule has 1 aliphatic heterocycles. The molecule has 10 heteroatoms. The van der Waals surface area contributed by atoms with Gasteiger partial charge in [0.1, 0.15) is 12.4 Å². The number of rotatable bonds is 9. The number of halogens is 1. The van der Waals surface area contributed by atoms with Gasteiger partial charge in [-0.1, -0.05) is 38.1 Å². The highest BCUT2D eigenvalue weighted by atomic mass is 35.5. The van der Waals surface area contributed by atoms with Crippen molar-refractivity contribution in [3.63, 3.8) is 0 Å². The number of hydrogen-bond donors (Lipinski definition) is 4. The third-order valence-electron chi connectivity index (χ3n) is 5.92. The van der Waals surface area contributed by atoms with Crippen molar-refractivity contribution in [1.82, 2.24) is 20.6 Å². The molecule has 0 unspecified atom stereocenters. The van der Waals surface area contributed by atoms with Crippen LogP contribution in [0.1, 0.15) is 29.9 Å². The highest BCUT2D eigenvalue weighted by Crippen LogP contribution is 2.45. The maximum Gasteiger partial charge on any atom is 0.255 e. The van der Waals surface area contributed by atoms with Gasteiger partial charge in [0.2, 0.25) is 5.91 Å². The molecule has 0 bridgehead atoms. The van der Waals surface area contributed by atoms with Crippen molar-refractivity contribution in [1.29, 1.82) is 0 Å². The third-order valence-corrected chi connectivity index (χ3v) is 6.22. The van der Waals surface area contributed by atoms with Crippen molar-refractivity contribution in [3.8, 4) is 22.8 Å². The maximum atomic E-state index is 13.1. The number of nitrogens with zero attached hydrogens (tertiary/aromatic N) is 1. The van der Waals surface area contributed by atoms with E-state index in [1.165, 1.54) is 13.2 Å². The quantitative estimate of drug-likeness (QED) is 0.254. The Balaban J connectivity index is 1.81. The van der Waals surface area contributed by atoms with Gasteiger partial charge in [0.25, 0.3) is 5.91 Å². The van der Waals surface area contributed by atoms with Crippen LogP contribution < -0.4 is 25.4 Å². The summed E-state index contributed by atoms with van der Waals surface area (Å²) in [6.07, 6.45) is 4.45. The van der Waals surface area contributed by atoms with Crippen LogP contribution in [0.5, 0.6) is 11.5 Å². The third kappa shape index (κ3) is 4.87. The topological polar surface area (TPSA) is 117 Å². The smallest absolute Gasteiger partial charge is 0.255 e. The monoisotopic (exact) mass is 509 g/mol. The summed E-state index contributed by atoms with van der Waals surface area (Å²) in [6.45, 7) is 8.55. The second kappa shape index (κ2) is 10.3. The van der Waals surface area contributed by atoms with Crippen molar-refractivity contribution in [2.75, 3.05) is 32.1 Å². The average Bonchev–Trinajstić information content (AvgIpc) is 3.25. The lowest BCUT2D eigenvalue weighted by molar-refractivity contribution is -0.116. The molecule has 0 aliphatic carbocycles. The fraction of sp³-hybridized carbons (Fsp3) is 0.269. The summed E-state index contributed by atoms with van der Waals surface area (Å²) in [5.74, 6) is 0.471. The molecule has 2 amide bonds. The number of benzene rings is 1. The van der Waals surface area contributed by atoms with Crippen LogP contribution in [0.25, 0.3) is 11.3 Å². The second-order valence-electron chi connectivity index (χ2n) is 8.85. The molecule has 3 aromatic rings. The SMILES string of the molecule is C=CC(=O)NCCOc1cnccc1-c1[nH]c2c(c1Nc1cccc(Cl)c1OC)C(=O)NCC2(C)C. The van der Waals surface area contributed by atoms with Gasteiger partial charge in [-0.25, -0.2) is 0 Å². The number of H-pyrrole nitrogens is 1. The number of aromatic nitrogens is 2. The molecule has 0 fully saturated rings. The Kier molecular flexibility index (Phi) is 7.21. The van der Waals surface area contributed by atoms with E-state index >= 15 is 0 Å². The Hall–Kier alpha value is -3.98. The van der Waals surface area contributed by atoms with Crippen LogP contribution in [0.4, 0.5) is 11.4 Å². The first kappa shape index (κ1) is 25.1. The Morgan fingerprint density at radius 3 is 2.89 bits per heavy atom. The minimum absolute atomic E-state index is 0.195. The van der Waals surface area contributed by atoms with E-state index in [-0.39, 0.29) is 23.8 Å². The number of nitrogens with one attached hydrogen (secondary N) is 4. The fourth-order valence-corrected chi connectivity index (χ4v) is 4.35. The van der Waals surface area contributed by atoms with Crippen LogP contribution in [0.2, 0.25) is 5.02 Å². The highest BCUT2D eigenvalue weighted by molar-refractivity contribution is 6.32. The zero-order chi connectivity index (χ0) is 25.9. The summed E-state index contributed by atoms with van der Waals surface area (Å²) in [6, 6.07) is 7.16. The van der Waals surface area contributed by atoms with Gasteiger partial charge >= 0.3 is 0 Å². The molecule has 36 heavy (non-hydrogen) atoms. The van der Waals surface area contributed by atoms with Crippen LogP contribution in [-0.4, -0.2) is 48.6 Å². The van der Waals surface area contributed by atoms with Gasteiger partial charge in [0.15, 0.2) is 5.75 Å². The van der Waals surface area contributed by atoms with E-state index in [1.807, 2.05) is 6.07 Å². The molecule has 9 nitrogen and oxygen atoms in total. The maximum absolute atomic E-state index is 13.1. The van der Waals surface area contributed by atoms with Crippen LogP contribution in [-0.2, 0) is 10.2 Å². The predicted octanol–water partition coefficient (Wildman–Crippen LogP) is 4.18. The molecular formula is C26H28ClN5O4. The van der Waals surface area contributed by atoms with E-state index in [0.29, 0.717) is 57.8 Å². The lowest BCUT2D eigenvalue weighted by atomic mass is 9.83. The summed E-state index contributed by atoms with van der Waals surface area (Å²) in [5, 5.41) is 9.48. The largest absolute Gasteiger partial charge is 0.493 e. The van der Waals surface area contributed by atoms with Crippen LogP contribution >= 0.6 is 11.6 Å². The average molecular weight is 510 g/mol. The number of methoxy groups -OCH3 is 1. The molecule has 0 saturated heterocycles. The highest BCUT2D eigenvalue weighted by Gasteiger charge is 2.38. The lowest BCUT2D eigenvalue weighted by Gasteiger charge is -2.30. The Labute approximate surface area is 214 Å². The number of fused-ring (bicyclic) bond motifs is 1. The van der Waals surface area contributed by atoms with E-state index < -0.39 is 0 Å². The standard InChI is InChI=1S/C26H28ClN5O4/c1-5-19(33)29-11-12-36-18-13-28-10-9-15(18)21-22(31-17-8-6-7-16(27)23(17)35-4)20-24(32-21)26(2,3)14-30-25(20)34/h5-10,13,31-32H,1,11-12,14H2,2-4H3,(H,29,33)(H,30,34). The Morgan fingerprint density at radius 1 is 1.33 bits per heavy atom. The minimum Gasteiger partial charge on any atom is -0.493 e. The predicted molar refractivity (Wildman–Crippen MR) is 139 cm³/mol. The molecule has 0 atom stereocenters. The minimum atomic E-state index is -0.348. The molecule has 1 aromatic carbocycles. The number of ether oxygens (including phenoxy) is 2. The van der Waals surface area contributed by atoms with E-state index in [4.69, 9.17) is 21.1 Å². The van der Waals surface area contributed by atoms with E-state index in [2.05, 4.69) is 46.3 Å². The van der Waals surface area contributed by atoms with Gasteiger partial charge in [-0.2, -0.15) is 0 Å². The Morgan fingerprint density at radius 2 is 2.14 bits per heavy atom. The van der Waals surface area contributed by atoms with Crippen molar-refractivity contribution in [2.45, 2.75) is 19.3 Å². The first-order valence-electron chi connectivity index (χ1n) is 11.4. The molecule has 3 heterocycles. The zero-order valence-corrected chi connectivity index (χ0v) is 21.1. The first-order valence-corrected chi connectivity index (χ1v) is 11.8. The van der Waals surface area contributed by atoms with Gasteiger partial charge in [-0.3, -0.25) is 14.6 Å².